The van der Waals surface area contributed by atoms with Gasteiger partial charge in [0.05, 0.1) is 13.2 Å². The predicted molar refractivity (Wildman–Crippen MR) is 91.7 cm³/mol. The van der Waals surface area contributed by atoms with Crippen molar-refractivity contribution in [3.8, 4) is 6.07 Å². The van der Waals surface area contributed by atoms with Gasteiger partial charge >= 0.3 is 0 Å². The second-order valence-electron chi connectivity index (χ2n) is 5.30. The Kier molecular flexibility index (Phi) is 5.47. The van der Waals surface area contributed by atoms with Crippen LogP contribution in [0.15, 0.2) is 24.3 Å². The molecule has 1 aromatic carbocycles. The normalized spacial score (nSPS) is 15.3. The van der Waals surface area contributed by atoms with E-state index in [-0.39, 0.29) is 5.15 Å². The number of anilines is 1. The third-order valence-electron chi connectivity index (χ3n) is 3.82. The van der Waals surface area contributed by atoms with Crippen molar-refractivity contribution < 1.29 is 4.74 Å². The van der Waals surface area contributed by atoms with E-state index in [1.807, 2.05) is 6.07 Å². The Morgan fingerprint density at radius 2 is 2.04 bits per heavy atom. The number of nitrogens with one attached hydrogen (secondary N) is 1. The van der Waals surface area contributed by atoms with Crippen molar-refractivity contribution in [1.29, 1.82) is 5.26 Å². The maximum absolute atomic E-state index is 9.13. The molecule has 0 saturated carbocycles. The Morgan fingerprint density at radius 1 is 1.30 bits per heavy atom. The van der Waals surface area contributed by atoms with Crippen LogP contribution in [0.5, 0.6) is 0 Å². The molecule has 2 aromatic rings. The molecule has 0 bridgehead atoms. The van der Waals surface area contributed by atoms with Crippen molar-refractivity contribution in [1.82, 2.24) is 9.27 Å². The van der Waals surface area contributed by atoms with E-state index in [1.165, 1.54) is 22.7 Å². The Bertz CT molecular complexity index is 706. The Hall–Kier alpha value is -1.65. The van der Waals surface area contributed by atoms with Gasteiger partial charge in [-0.1, -0.05) is 35.9 Å². The van der Waals surface area contributed by atoms with Gasteiger partial charge in [0.2, 0.25) is 0 Å². The highest BCUT2D eigenvalue weighted by Crippen LogP contribution is 2.28. The van der Waals surface area contributed by atoms with Crippen LogP contribution in [-0.2, 0) is 17.8 Å². The third-order valence-corrected chi connectivity index (χ3v) is 5.00. The summed E-state index contributed by atoms with van der Waals surface area (Å²) in [5, 5.41) is 13.4. The first kappa shape index (κ1) is 16.2. The molecule has 0 amide bonds. The minimum absolute atomic E-state index is 0.265. The first-order valence-electron chi connectivity index (χ1n) is 7.44. The van der Waals surface area contributed by atoms with E-state index in [2.05, 4.69) is 38.9 Å². The van der Waals surface area contributed by atoms with Gasteiger partial charge in [-0.3, -0.25) is 4.90 Å². The number of rotatable bonds is 5. The summed E-state index contributed by atoms with van der Waals surface area (Å²) in [5.74, 6) is 0. The van der Waals surface area contributed by atoms with E-state index in [9.17, 15) is 0 Å². The molecular weight excluding hydrogens is 332 g/mol. The minimum atomic E-state index is 0.265. The first-order valence-corrected chi connectivity index (χ1v) is 8.59. The molecule has 1 saturated heterocycles. The fourth-order valence-corrected chi connectivity index (χ4v) is 3.48. The average Bonchev–Trinajstić information content (AvgIpc) is 2.95. The number of halogens is 1. The number of hydrogen-bond donors (Lipinski definition) is 1. The van der Waals surface area contributed by atoms with Gasteiger partial charge in [-0.2, -0.15) is 9.64 Å². The summed E-state index contributed by atoms with van der Waals surface area (Å²) in [5.41, 5.74) is 2.92. The van der Waals surface area contributed by atoms with Crippen molar-refractivity contribution in [2.45, 2.75) is 13.1 Å². The van der Waals surface area contributed by atoms with Gasteiger partial charge in [0, 0.05) is 26.2 Å². The molecule has 1 aromatic heterocycles. The molecule has 0 aliphatic carbocycles. The molecular formula is C16H17ClN4OS. The molecule has 5 nitrogen and oxygen atoms in total. The summed E-state index contributed by atoms with van der Waals surface area (Å²) in [7, 11) is 0. The number of nitrogens with zero attached hydrogens (tertiary/aromatic N) is 3. The molecule has 1 aliphatic heterocycles. The highest BCUT2D eigenvalue weighted by Gasteiger charge is 2.14. The summed E-state index contributed by atoms with van der Waals surface area (Å²) in [6.07, 6.45) is 0. The van der Waals surface area contributed by atoms with Crippen LogP contribution in [0.2, 0.25) is 5.15 Å². The Morgan fingerprint density at radius 3 is 2.78 bits per heavy atom. The van der Waals surface area contributed by atoms with E-state index in [4.69, 9.17) is 21.6 Å². The maximum atomic E-state index is 9.13. The zero-order valence-electron chi connectivity index (χ0n) is 12.6. The van der Waals surface area contributed by atoms with Gasteiger partial charge in [0.25, 0.3) is 0 Å². The third kappa shape index (κ3) is 4.01. The van der Waals surface area contributed by atoms with E-state index >= 15 is 0 Å². The fourth-order valence-electron chi connectivity index (χ4n) is 2.55. The molecule has 0 spiro atoms. The van der Waals surface area contributed by atoms with Crippen LogP contribution in [0.1, 0.15) is 16.7 Å². The first-order chi connectivity index (χ1) is 11.3. The van der Waals surface area contributed by atoms with Crippen LogP contribution in [-0.4, -0.2) is 35.6 Å². The lowest BCUT2D eigenvalue weighted by Gasteiger charge is -2.27. The number of morpholine rings is 1. The monoisotopic (exact) mass is 348 g/mol. The fraction of sp³-hybridized carbons (Fsp3) is 0.375. The van der Waals surface area contributed by atoms with Crippen molar-refractivity contribution in [3.63, 3.8) is 0 Å². The van der Waals surface area contributed by atoms with Gasteiger partial charge in [0.1, 0.15) is 16.6 Å². The highest BCUT2D eigenvalue weighted by molar-refractivity contribution is 7.10. The van der Waals surface area contributed by atoms with Crippen LogP contribution >= 0.6 is 23.1 Å². The molecule has 0 atom stereocenters. The van der Waals surface area contributed by atoms with Crippen molar-refractivity contribution in [2.75, 3.05) is 31.6 Å². The second kappa shape index (κ2) is 7.75. The van der Waals surface area contributed by atoms with Crippen LogP contribution in [0, 0.1) is 11.3 Å². The molecule has 2 heterocycles. The second-order valence-corrected chi connectivity index (χ2v) is 6.43. The van der Waals surface area contributed by atoms with Crippen molar-refractivity contribution >= 4 is 28.1 Å². The van der Waals surface area contributed by atoms with Gasteiger partial charge in [-0.25, -0.2) is 0 Å². The number of hydrogen-bond acceptors (Lipinski definition) is 6. The lowest BCUT2D eigenvalue weighted by molar-refractivity contribution is 0.0341. The van der Waals surface area contributed by atoms with Crippen molar-refractivity contribution in [2.24, 2.45) is 0 Å². The zero-order valence-corrected chi connectivity index (χ0v) is 14.2. The van der Waals surface area contributed by atoms with Crippen LogP contribution < -0.4 is 5.32 Å². The molecule has 1 N–H and O–H groups in total. The molecule has 120 valence electrons. The van der Waals surface area contributed by atoms with E-state index < -0.39 is 0 Å². The Balaban J connectivity index is 1.69. The van der Waals surface area contributed by atoms with Gasteiger partial charge in [0.15, 0.2) is 5.15 Å². The predicted octanol–water partition coefficient (Wildman–Crippen LogP) is 3.11. The topological polar surface area (TPSA) is 61.2 Å². The molecule has 0 radical (unpaired) electrons. The molecule has 3 rings (SSSR count). The maximum Gasteiger partial charge on any atom is 0.162 e. The van der Waals surface area contributed by atoms with Gasteiger partial charge < -0.3 is 10.1 Å². The van der Waals surface area contributed by atoms with Crippen LogP contribution in [0.4, 0.5) is 5.00 Å². The van der Waals surface area contributed by atoms with Gasteiger partial charge in [-0.15, -0.1) is 0 Å². The molecule has 23 heavy (non-hydrogen) atoms. The van der Waals surface area contributed by atoms with Gasteiger partial charge in [-0.05, 0) is 22.7 Å². The molecule has 7 heteroatoms. The number of nitriles is 1. The standard InChI is InChI=1S/C16H17ClN4OS/c17-15-14(9-18)16(23-20-15)19-10-12-3-1-2-4-13(12)11-21-5-7-22-8-6-21/h1-4,19H,5-8,10-11H2. The number of aromatic nitrogens is 1. The SMILES string of the molecule is N#Cc1c(Cl)nsc1NCc1ccccc1CN1CCOCC1. The molecule has 1 aliphatic rings. The number of benzene rings is 1. The summed E-state index contributed by atoms with van der Waals surface area (Å²) < 4.78 is 9.41. The summed E-state index contributed by atoms with van der Waals surface area (Å²) in [4.78, 5) is 2.40. The summed E-state index contributed by atoms with van der Waals surface area (Å²) in [6.45, 7) is 5.08. The molecule has 0 unspecified atom stereocenters. The lowest BCUT2D eigenvalue weighted by atomic mass is 10.1. The van der Waals surface area contributed by atoms with Crippen molar-refractivity contribution in [3.05, 3.63) is 46.1 Å². The van der Waals surface area contributed by atoms with E-state index in [0.29, 0.717) is 12.1 Å². The lowest BCUT2D eigenvalue weighted by Crippen LogP contribution is -2.35. The minimum Gasteiger partial charge on any atom is -0.379 e. The Labute approximate surface area is 144 Å². The summed E-state index contributed by atoms with van der Waals surface area (Å²) >= 11 is 7.12. The smallest absolute Gasteiger partial charge is 0.162 e. The van der Waals surface area contributed by atoms with Crippen LogP contribution in [0.25, 0.3) is 0 Å². The quantitative estimate of drug-likeness (QED) is 0.899. The molecule has 1 fully saturated rings. The van der Waals surface area contributed by atoms with E-state index in [1.54, 1.807) is 0 Å². The zero-order chi connectivity index (χ0) is 16.1. The average molecular weight is 349 g/mol. The van der Waals surface area contributed by atoms with E-state index in [0.717, 1.165) is 37.8 Å². The summed E-state index contributed by atoms with van der Waals surface area (Å²) in [6, 6.07) is 10.4. The highest BCUT2D eigenvalue weighted by atomic mass is 35.5. The largest absolute Gasteiger partial charge is 0.379 e. The van der Waals surface area contributed by atoms with Crippen LogP contribution in [0.3, 0.4) is 0 Å². The number of ether oxygens (including phenoxy) is 1.